The minimum atomic E-state index is -1.71. The van der Waals surface area contributed by atoms with E-state index in [0.717, 1.165) is 19.3 Å². The minimum Gasteiger partial charge on any atom is -0.460 e. The van der Waals surface area contributed by atoms with E-state index >= 15 is 0 Å². The van der Waals surface area contributed by atoms with Crippen molar-refractivity contribution in [1.82, 2.24) is 4.90 Å². The molecule has 0 amide bonds. The van der Waals surface area contributed by atoms with Crippen LogP contribution in [0.1, 0.15) is 49.3 Å². The molecule has 6 heteroatoms. The highest BCUT2D eigenvalue weighted by Gasteiger charge is 2.49. The van der Waals surface area contributed by atoms with E-state index < -0.39 is 11.6 Å². The molecule has 4 heterocycles. The van der Waals surface area contributed by atoms with E-state index in [1.165, 1.54) is 29.1 Å². The predicted molar refractivity (Wildman–Crippen MR) is 109 cm³/mol. The lowest BCUT2D eigenvalue weighted by molar-refractivity contribution is -0.175. The van der Waals surface area contributed by atoms with E-state index in [2.05, 4.69) is 25.8 Å². The largest absolute Gasteiger partial charge is 0.460 e. The third kappa shape index (κ3) is 3.27. The fraction of sp³-hybridized carbons (Fsp3) is 0.571. The van der Waals surface area contributed by atoms with Gasteiger partial charge in [-0.2, -0.15) is 0 Å². The Hall–Kier alpha value is -1.21. The number of carbonyl (C=O) groups is 1. The van der Waals surface area contributed by atoms with Crippen LogP contribution in [-0.4, -0.2) is 41.2 Å². The number of piperidine rings is 2. The number of carbonyl (C=O) groups excluding carboxylic acids is 1. The molecule has 146 valence electrons. The molecule has 0 radical (unpaired) electrons. The van der Waals surface area contributed by atoms with Crippen LogP contribution in [0.5, 0.6) is 0 Å². The van der Waals surface area contributed by atoms with Gasteiger partial charge in [0.25, 0.3) is 0 Å². The van der Waals surface area contributed by atoms with Crippen LogP contribution in [0.15, 0.2) is 35.0 Å². The summed E-state index contributed by atoms with van der Waals surface area (Å²) in [6.07, 6.45) is 3.88. The molecule has 1 N–H and O–H groups in total. The van der Waals surface area contributed by atoms with E-state index in [1.54, 1.807) is 12.1 Å². The van der Waals surface area contributed by atoms with Gasteiger partial charge in [-0.25, -0.2) is 4.79 Å². The molecular weight excluding hydrogens is 378 g/mol. The van der Waals surface area contributed by atoms with Gasteiger partial charge in [0.2, 0.25) is 5.60 Å². The van der Waals surface area contributed by atoms with Crippen LogP contribution in [-0.2, 0) is 15.1 Å². The number of ether oxygens (including phenoxy) is 1. The van der Waals surface area contributed by atoms with E-state index in [-0.39, 0.29) is 11.5 Å². The van der Waals surface area contributed by atoms with Crippen molar-refractivity contribution in [1.29, 1.82) is 0 Å². The summed E-state index contributed by atoms with van der Waals surface area (Å²) in [4.78, 5) is 16.9. The second-order valence-electron chi connectivity index (χ2n) is 8.53. The van der Waals surface area contributed by atoms with Crippen molar-refractivity contribution >= 4 is 28.6 Å². The standard InChI is InChI=1S/C21H27NO3S2/c1-20(2)9-8-14-12-15(13-16(20)22(14)3)25-19(23)21(24,17-6-4-10-26-17)18-7-5-11-27-18/h4-7,10-11,14-16,24H,8-9,12-13H2,1-3H3/t14?,15-,16?/m1/s1. The fourth-order valence-corrected chi connectivity index (χ4v) is 6.47. The maximum Gasteiger partial charge on any atom is 0.349 e. The summed E-state index contributed by atoms with van der Waals surface area (Å²) >= 11 is 2.77. The minimum absolute atomic E-state index is 0.144. The summed E-state index contributed by atoms with van der Waals surface area (Å²) in [5.74, 6) is -0.544. The topological polar surface area (TPSA) is 49.8 Å². The summed E-state index contributed by atoms with van der Waals surface area (Å²) in [5.41, 5.74) is -1.50. The highest BCUT2D eigenvalue weighted by Crippen LogP contribution is 2.45. The molecule has 0 spiro atoms. The van der Waals surface area contributed by atoms with Crippen LogP contribution in [0.3, 0.4) is 0 Å². The van der Waals surface area contributed by atoms with Crippen LogP contribution in [0.25, 0.3) is 0 Å². The third-order valence-electron chi connectivity index (χ3n) is 6.44. The molecule has 0 aliphatic carbocycles. The first-order chi connectivity index (χ1) is 12.8. The molecule has 4 rings (SSSR count). The Morgan fingerprint density at radius 3 is 2.41 bits per heavy atom. The normalized spacial score (nSPS) is 28.1. The maximum absolute atomic E-state index is 13.2. The van der Waals surface area contributed by atoms with Gasteiger partial charge in [-0.15, -0.1) is 22.7 Å². The van der Waals surface area contributed by atoms with Gasteiger partial charge in [-0.3, -0.25) is 4.90 Å². The highest BCUT2D eigenvalue weighted by atomic mass is 32.1. The van der Waals surface area contributed by atoms with Crippen molar-refractivity contribution in [2.75, 3.05) is 7.05 Å². The first kappa shape index (κ1) is 19.1. The number of nitrogens with zero attached hydrogens (tertiary/aromatic N) is 1. The third-order valence-corrected chi connectivity index (χ3v) is 8.39. The molecule has 2 aromatic heterocycles. The summed E-state index contributed by atoms with van der Waals surface area (Å²) in [5, 5.41) is 15.2. The molecule has 4 nitrogen and oxygen atoms in total. The molecule has 2 aliphatic heterocycles. The van der Waals surface area contributed by atoms with Crippen LogP contribution in [0.4, 0.5) is 0 Å². The number of hydrogen-bond donors (Lipinski definition) is 1. The second kappa shape index (κ2) is 6.99. The van der Waals surface area contributed by atoms with Crippen LogP contribution >= 0.6 is 22.7 Å². The lowest BCUT2D eigenvalue weighted by Gasteiger charge is -2.54. The molecule has 2 aromatic rings. The van der Waals surface area contributed by atoms with Gasteiger partial charge >= 0.3 is 5.97 Å². The fourth-order valence-electron chi connectivity index (χ4n) is 4.76. The quantitative estimate of drug-likeness (QED) is 0.773. The first-order valence-electron chi connectivity index (χ1n) is 9.55. The molecule has 0 saturated carbocycles. The van der Waals surface area contributed by atoms with E-state index in [4.69, 9.17) is 4.74 Å². The van der Waals surface area contributed by atoms with Crippen LogP contribution < -0.4 is 0 Å². The molecule has 2 fully saturated rings. The SMILES string of the molecule is CN1C2CCC(C)(C)C1C[C@H](OC(=O)C(O)(c1cccs1)c1cccs1)C2. The summed E-state index contributed by atoms with van der Waals surface area (Å²) in [7, 11) is 2.20. The van der Waals surface area contributed by atoms with Crippen molar-refractivity contribution in [3.05, 3.63) is 44.8 Å². The number of rotatable bonds is 4. The highest BCUT2D eigenvalue weighted by molar-refractivity contribution is 7.12. The van der Waals surface area contributed by atoms with Crippen molar-refractivity contribution < 1.29 is 14.6 Å². The second-order valence-corrected chi connectivity index (χ2v) is 10.4. The Kier molecular flexibility index (Phi) is 4.95. The number of hydrogen-bond acceptors (Lipinski definition) is 6. The molecule has 2 bridgehead atoms. The molecule has 2 aliphatic rings. The first-order valence-corrected chi connectivity index (χ1v) is 11.3. The average Bonchev–Trinajstić information content (AvgIpc) is 3.33. The van der Waals surface area contributed by atoms with Crippen molar-refractivity contribution in [2.24, 2.45) is 5.41 Å². The maximum atomic E-state index is 13.2. The number of fused-ring (bicyclic) bond motifs is 2. The molecule has 27 heavy (non-hydrogen) atoms. The van der Waals surface area contributed by atoms with Crippen molar-refractivity contribution in [2.45, 2.75) is 63.3 Å². The Morgan fingerprint density at radius 1 is 1.22 bits per heavy atom. The van der Waals surface area contributed by atoms with Gasteiger partial charge in [0, 0.05) is 18.5 Å². The van der Waals surface area contributed by atoms with Crippen LogP contribution in [0, 0.1) is 5.41 Å². The average molecular weight is 406 g/mol. The van der Waals surface area contributed by atoms with Gasteiger partial charge < -0.3 is 9.84 Å². The Bertz CT molecular complexity index is 750. The predicted octanol–water partition coefficient (Wildman–Crippen LogP) is 4.24. The lowest BCUT2D eigenvalue weighted by Crippen LogP contribution is -2.59. The zero-order valence-electron chi connectivity index (χ0n) is 16.1. The summed E-state index contributed by atoms with van der Waals surface area (Å²) < 4.78 is 5.98. The monoisotopic (exact) mass is 405 g/mol. The molecular formula is C21H27NO3S2. The van der Waals surface area contributed by atoms with E-state index in [9.17, 15) is 9.90 Å². The number of esters is 1. The van der Waals surface area contributed by atoms with E-state index in [0.29, 0.717) is 21.8 Å². The van der Waals surface area contributed by atoms with Crippen molar-refractivity contribution in [3.8, 4) is 0 Å². The molecule has 2 saturated heterocycles. The van der Waals surface area contributed by atoms with Crippen LogP contribution in [0.2, 0.25) is 0 Å². The molecule has 3 atom stereocenters. The zero-order chi connectivity index (χ0) is 19.2. The van der Waals surface area contributed by atoms with Gasteiger partial charge in [-0.1, -0.05) is 26.0 Å². The Labute approximate surface area is 168 Å². The summed E-state index contributed by atoms with van der Waals surface area (Å²) in [6, 6.07) is 8.17. The summed E-state index contributed by atoms with van der Waals surface area (Å²) in [6.45, 7) is 4.62. The molecule has 0 aromatic carbocycles. The van der Waals surface area contributed by atoms with E-state index in [1.807, 2.05) is 22.9 Å². The van der Waals surface area contributed by atoms with Gasteiger partial charge in [-0.05, 0) is 54.6 Å². The smallest absolute Gasteiger partial charge is 0.349 e. The molecule has 2 unspecified atom stereocenters. The Morgan fingerprint density at radius 2 is 1.85 bits per heavy atom. The number of aliphatic hydroxyl groups is 1. The number of thiophene rings is 2. The van der Waals surface area contributed by atoms with Gasteiger partial charge in [0.05, 0.1) is 9.75 Å². The zero-order valence-corrected chi connectivity index (χ0v) is 17.7. The van der Waals surface area contributed by atoms with Gasteiger partial charge in [0.1, 0.15) is 6.10 Å². The Balaban J connectivity index is 1.58. The lowest BCUT2D eigenvalue weighted by atomic mass is 9.68. The van der Waals surface area contributed by atoms with Gasteiger partial charge in [0.15, 0.2) is 0 Å². The van der Waals surface area contributed by atoms with Crippen molar-refractivity contribution in [3.63, 3.8) is 0 Å².